The second-order valence-corrected chi connectivity index (χ2v) is 4.24. The largest absolute Gasteiger partial charge is 0.506 e. The second-order valence-electron chi connectivity index (χ2n) is 4.24. The molecule has 102 valence electrons. The van der Waals surface area contributed by atoms with E-state index in [0.29, 0.717) is 18.7 Å². The van der Waals surface area contributed by atoms with Crippen molar-refractivity contribution in [3.8, 4) is 5.75 Å². The molecule has 1 heterocycles. The van der Waals surface area contributed by atoms with Crippen molar-refractivity contribution < 1.29 is 18.3 Å². The minimum atomic E-state index is -4.24. The zero-order chi connectivity index (χ0) is 13.8. The maximum Gasteiger partial charge on any atom is 0.401 e. The van der Waals surface area contributed by atoms with E-state index < -0.39 is 12.7 Å². The first-order valence-electron chi connectivity index (χ1n) is 5.76. The maximum atomic E-state index is 12.4. The number of pyridine rings is 1. The van der Waals surface area contributed by atoms with Gasteiger partial charge in [0.1, 0.15) is 5.75 Å². The van der Waals surface area contributed by atoms with E-state index in [9.17, 15) is 18.3 Å². The van der Waals surface area contributed by atoms with Crippen LogP contribution in [0.3, 0.4) is 0 Å². The summed E-state index contributed by atoms with van der Waals surface area (Å²) in [6, 6.07) is 3.07. The number of hydrogen-bond donors (Lipinski definition) is 1. The van der Waals surface area contributed by atoms with E-state index in [1.807, 2.05) is 6.92 Å². The molecule has 18 heavy (non-hydrogen) atoms. The fourth-order valence-corrected chi connectivity index (χ4v) is 1.72. The third-order valence-corrected chi connectivity index (χ3v) is 2.41. The van der Waals surface area contributed by atoms with Crippen molar-refractivity contribution >= 4 is 0 Å². The zero-order valence-corrected chi connectivity index (χ0v) is 10.5. The van der Waals surface area contributed by atoms with Crippen LogP contribution in [0.25, 0.3) is 0 Å². The highest BCUT2D eigenvalue weighted by atomic mass is 19.4. The molecule has 0 radical (unpaired) electrons. The van der Waals surface area contributed by atoms with Gasteiger partial charge in [0.25, 0.3) is 0 Å². The van der Waals surface area contributed by atoms with E-state index in [1.165, 1.54) is 11.0 Å². The molecule has 0 aliphatic heterocycles. The number of hydrogen-bond acceptors (Lipinski definition) is 3. The molecule has 6 heteroatoms. The number of aryl methyl sites for hydroxylation is 1. The topological polar surface area (TPSA) is 36.4 Å². The number of halogens is 3. The van der Waals surface area contributed by atoms with E-state index in [-0.39, 0.29) is 18.0 Å². The van der Waals surface area contributed by atoms with Gasteiger partial charge in [-0.1, -0.05) is 6.92 Å². The van der Waals surface area contributed by atoms with Gasteiger partial charge in [0.2, 0.25) is 0 Å². The molecule has 0 saturated heterocycles. The summed E-state index contributed by atoms with van der Waals surface area (Å²) in [6.45, 7) is 2.87. The molecule has 0 atom stereocenters. The third kappa shape index (κ3) is 4.91. The van der Waals surface area contributed by atoms with Crippen LogP contribution in [0.15, 0.2) is 12.1 Å². The van der Waals surface area contributed by atoms with Crippen LogP contribution in [-0.4, -0.2) is 34.3 Å². The molecular weight excluding hydrogens is 245 g/mol. The molecule has 0 fully saturated rings. The van der Waals surface area contributed by atoms with Crippen LogP contribution in [0.1, 0.15) is 24.7 Å². The van der Waals surface area contributed by atoms with Crippen molar-refractivity contribution in [2.24, 2.45) is 0 Å². The Morgan fingerprint density at radius 2 is 2.00 bits per heavy atom. The molecule has 0 amide bonds. The van der Waals surface area contributed by atoms with Gasteiger partial charge in [-0.05, 0) is 32.0 Å². The molecule has 0 aliphatic carbocycles. The molecule has 0 unspecified atom stereocenters. The Balaban J connectivity index is 2.79. The van der Waals surface area contributed by atoms with Gasteiger partial charge in [0.05, 0.1) is 12.2 Å². The summed E-state index contributed by atoms with van der Waals surface area (Å²) in [6.07, 6.45) is -3.63. The number of aromatic hydroxyl groups is 1. The Bertz CT molecular complexity index is 393. The molecule has 1 aromatic rings. The van der Waals surface area contributed by atoms with Crippen molar-refractivity contribution in [2.45, 2.75) is 33.0 Å². The summed E-state index contributed by atoms with van der Waals surface area (Å²) >= 11 is 0. The Morgan fingerprint density at radius 1 is 1.33 bits per heavy atom. The van der Waals surface area contributed by atoms with Crippen LogP contribution in [0.2, 0.25) is 0 Å². The second kappa shape index (κ2) is 6.04. The standard InChI is InChI=1S/C12H17F3N2O/c1-3-6-17(8-12(13,14)15)7-10-11(18)5-4-9(2)16-10/h4-5,18H,3,6-8H2,1-2H3. The molecule has 1 N–H and O–H groups in total. The zero-order valence-electron chi connectivity index (χ0n) is 10.5. The lowest BCUT2D eigenvalue weighted by atomic mass is 10.2. The van der Waals surface area contributed by atoms with E-state index in [1.54, 1.807) is 13.0 Å². The van der Waals surface area contributed by atoms with Crippen LogP contribution < -0.4 is 0 Å². The minimum Gasteiger partial charge on any atom is -0.506 e. The van der Waals surface area contributed by atoms with Crippen LogP contribution in [-0.2, 0) is 6.54 Å². The summed E-state index contributed by atoms with van der Waals surface area (Å²) in [5.41, 5.74) is 0.957. The van der Waals surface area contributed by atoms with Crippen LogP contribution >= 0.6 is 0 Å². The summed E-state index contributed by atoms with van der Waals surface area (Å²) in [5.74, 6) is -0.0659. The molecule has 0 bridgehead atoms. The van der Waals surface area contributed by atoms with Crippen molar-refractivity contribution in [3.63, 3.8) is 0 Å². The number of rotatable bonds is 5. The van der Waals surface area contributed by atoms with E-state index in [2.05, 4.69) is 4.98 Å². The lowest BCUT2D eigenvalue weighted by Crippen LogP contribution is -2.34. The SMILES string of the molecule is CCCN(Cc1nc(C)ccc1O)CC(F)(F)F. The van der Waals surface area contributed by atoms with Gasteiger partial charge in [-0.25, -0.2) is 0 Å². The predicted octanol–water partition coefficient (Wildman–Crippen LogP) is 2.87. The van der Waals surface area contributed by atoms with Crippen LogP contribution in [0.5, 0.6) is 5.75 Å². The number of alkyl halides is 3. The van der Waals surface area contributed by atoms with Gasteiger partial charge in [0, 0.05) is 12.2 Å². The Kier molecular flexibility index (Phi) is 4.95. The summed E-state index contributed by atoms with van der Waals surface area (Å²) in [5, 5.41) is 9.58. The van der Waals surface area contributed by atoms with Crippen molar-refractivity contribution in [1.29, 1.82) is 0 Å². The normalized spacial score (nSPS) is 12.1. The first-order chi connectivity index (χ1) is 8.31. The third-order valence-electron chi connectivity index (χ3n) is 2.41. The Morgan fingerprint density at radius 3 is 2.56 bits per heavy atom. The quantitative estimate of drug-likeness (QED) is 0.886. The lowest BCUT2D eigenvalue weighted by Gasteiger charge is -2.23. The highest BCUT2D eigenvalue weighted by Crippen LogP contribution is 2.21. The molecular formula is C12H17F3N2O. The van der Waals surface area contributed by atoms with Crippen molar-refractivity contribution in [1.82, 2.24) is 9.88 Å². The van der Waals surface area contributed by atoms with Gasteiger partial charge in [-0.3, -0.25) is 9.88 Å². The average Bonchev–Trinajstić information content (AvgIpc) is 2.21. The van der Waals surface area contributed by atoms with Crippen LogP contribution in [0, 0.1) is 6.92 Å². The molecule has 0 saturated carbocycles. The lowest BCUT2D eigenvalue weighted by molar-refractivity contribution is -0.147. The average molecular weight is 262 g/mol. The van der Waals surface area contributed by atoms with Gasteiger partial charge in [0.15, 0.2) is 0 Å². The fraction of sp³-hybridized carbons (Fsp3) is 0.583. The smallest absolute Gasteiger partial charge is 0.401 e. The van der Waals surface area contributed by atoms with E-state index in [4.69, 9.17) is 0 Å². The monoisotopic (exact) mass is 262 g/mol. The highest BCUT2D eigenvalue weighted by molar-refractivity contribution is 5.27. The maximum absolute atomic E-state index is 12.4. The molecule has 1 aromatic heterocycles. The van der Waals surface area contributed by atoms with Gasteiger partial charge >= 0.3 is 6.18 Å². The van der Waals surface area contributed by atoms with Crippen LogP contribution in [0.4, 0.5) is 13.2 Å². The molecule has 0 aromatic carbocycles. The number of nitrogens with zero attached hydrogens (tertiary/aromatic N) is 2. The van der Waals surface area contributed by atoms with E-state index in [0.717, 1.165) is 0 Å². The number of aromatic nitrogens is 1. The molecule has 3 nitrogen and oxygen atoms in total. The van der Waals surface area contributed by atoms with Gasteiger partial charge in [-0.2, -0.15) is 13.2 Å². The van der Waals surface area contributed by atoms with Crippen molar-refractivity contribution in [3.05, 3.63) is 23.5 Å². The summed E-state index contributed by atoms with van der Waals surface area (Å²) < 4.78 is 37.2. The van der Waals surface area contributed by atoms with E-state index >= 15 is 0 Å². The molecule has 0 spiro atoms. The van der Waals surface area contributed by atoms with Crippen molar-refractivity contribution in [2.75, 3.05) is 13.1 Å². The predicted molar refractivity (Wildman–Crippen MR) is 62.3 cm³/mol. The Hall–Kier alpha value is -1.30. The fourth-order valence-electron chi connectivity index (χ4n) is 1.72. The summed E-state index contributed by atoms with van der Waals surface area (Å²) in [4.78, 5) is 5.30. The Labute approximate surface area is 104 Å². The molecule has 1 rings (SSSR count). The molecule has 0 aliphatic rings. The van der Waals surface area contributed by atoms with Gasteiger partial charge < -0.3 is 5.11 Å². The van der Waals surface area contributed by atoms with Gasteiger partial charge in [-0.15, -0.1) is 0 Å². The first kappa shape index (κ1) is 14.8. The first-order valence-corrected chi connectivity index (χ1v) is 5.76. The summed E-state index contributed by atoms with van der Waals surface area (Å²) in [7, 11) is 0. The minimum absolute atomic E-state index is 0.000856. The highest BCUT2D eigenvalue weighted by Gasteiger charge is 2.30.